The lowest BCUT2D eigenvalue weighted by atomic mass is 9.87. The zero-order chi connectivity index (χ0) is 21.7. The topological polar surface area (TPSA) is 85.4 Å². The van der Waals surface area contributed by atoms with E-state index in [1.807, 2.05) is 0 Å². The number of sulfone groups is 1. The molecule has 30 heavy (non-hydrogen) atoms. The minimum absolute atomic E-state index is 0.0563. The lowest BCUT2D eigenvalue weighted by Gasteiger charge is -2.27. The van der Waals surface area contributed by atoms with Crippen LogP contribution in [0.5, 0.6) is 5.75 Å². The van der Waals surface area contributed by atoms with Crippen molar-refractivity contribution in [3.63, 3.8) is 0 Å². The van der Waals surface area contributed by atoms with E-state index in [1.165, 1.54) is 42.5 Å². The van der Waals surface area contributed by atoms with E-state index in [9.17, 15) is 17.6 Å². The number of carbonyl (C=O) groups is 1. The Kier molecular flexibility index (Phi) is 7.46. The second kappa shape index (κ2) is 9.87. The van der Waals surface area contributed by atoms with E-state index in [1.54, 1.807) is 5.38 Å². The molecular weight excluding hydrogens is 427 g/mol. The number of rotatable bonds is 8. The Labute approximate surface area is 180 Å². The Bertz CT molecular complexity index is 952. The molecular formula is C21H27FN2O4S2. The van der Waals surface area contributed by atoms with Gasteiger partial charge in [0.05, 0.1) is 11.4 Å². The molecule has 1 amide bonds. The summed E-state index contributed by atoms with van der Waals surface area (Å²) in [5.41, 5.74) is 0.392. The largest absolute Gasteiger partial charge is 0.486 e. The second-order valence-corrected chi connectivity index (χ2v) is 11.2. The second-order valence-electron chi connectivity index (χ2n) is 7.89. The van der Waals surface area contributed by atoms with Crippen LogP contribution >= 0.6 is 11.3 Å². The summed E-state index contributed by atoms with van der Waals surface area (Å²) in [6, 6.07) is 5.69. The highest BCUT2D eigenvalue weighted by Gasteiger charge is 2.31. The maximum absolute atomic E-state index is 12.9. The summed E-state index contributed by atoms with van der Waals surface area (Å²) in [6.07, 6.45) is 3.88. The smallest absolute Gasteiger partial charge is 0.238 e. The van der Waals surface area contributed by atoms with Gasteiger partial charge < -0.3 is 10.1 Å². The monoisotopic (exact) mass is 454 g/mol. The number of hydrogen-bond acceptors (Lipinski definition) is 6. The molecule has 2 aromatic rings. The number of aromatic nitrogens is 1. The van der Waals surface area contributed by atoms with Gasteiger partial charge in [-0.1, -0.05) is 6.92 Å². The van der Waals surface area contributed by atoms with Gasteiger partial charge in [0.1, 0.15) is 28.4 Å². The Hall–Kier alpha value is -2.00. The molecule has 1 fully saturated rings. The van der Waals surface area contributed by atoms with E-state index >= 15 is 0 Å². The molecule has 1 heterocycles. The van der Waals surface area contributed by atoms with Crippen molar-refractivity contribution >= 4 is 27.1 Å². The highest BCUT2D eigenvalue weighted by atomic mass is 32.2. The van der Waals surface area contributed by atoms with Crippen molar-refractivity contribution in [2.75, 3.05) is 0 Å². The van der Waals surface area contributed by atoms with E-state index in [2.05, 4.69) is 17.2 Å². The molecule has 0 radical (unpaired) electrons. The molecule has 1 N–H and O–H groups in total. The molecule has 1 aromatic carbocycles. The van der Waals surface area contributed by atoms with E-state index in [4.69, 9.17) is 4.74 Å². The number of nitrogens with one attached hydrogen (secondary N) is 1. The van der Waals surface area contributed by atoms with Crippen LogP contribution in [0.4, 0.5) is 4.39 Å². The van der Waals surface area contributed by atoms with Gasteiger partial charge in [-0.2, -0.15) is 0 Å². The average Bonchev–Trinajstić information content (AvgIpc) is 3.15. The molecule has 1 atom stereocenters. The Morgan fingerprint density at radius 1 is 1.27 bits per heavy atom. The van der Waals surface area contributed by atoms with Crippen LogP contribution in [0, 0.1) is 11.7 Å². The van der Waals surface area contributed by atoms with E-state index < -0.39 is 21.0 Å². The van der Waals surface area contributed by atoms with Crippen molar-refractivity contribution in [3.05, 3.63) is 46.2 Å². The summed E-state index contributed by atoms with van der Waals surface area (Å²) in [5, 5.41) is 4.04. The zero-order valence-electron chi connectivity index (χ0n) is 17.1. The van der Waals surface area contributed by atoms with Crippen molar-refractivity contribution in [1.82, 2.24) is 10.3 Å². The lowest BCUT2D eigenvalue weighted by Crippen LogP contribution is -2.44. The number of thiazole rings is 1. The van der Waals surface area contributed by atoms with Crippen molar-refractivity contribution in [2.24, 2.45) is 5.92 Å². The molecule has 6 nitrogen and oxygen atoms in total. The molecule has 9 heteroatoms. The number of benzene rings is 1. The molecule has 3 rings (SSSR count). The lowest BCUT2D eigenvalue weighted by molar-refractivity contribution is -0.121. The molecule has 0 saturated heterocycles. The maximum atomic E-state index is 12.9. The van der Waals surface area contributed by atoms with Crippen LogP contribution in [-0.4, -0.2) is 30.6 Å². The molecule has 0 spiro atoms. The number of amides is 1. The Balaban J connectivity index is 1.52. The molecule has 164 valence electrons. The number of nitrogens with zero attached hydrogens (tertiary/aromatic N) is 1. The number of hydrogen-bond donors (Lipinski definition) is 1. The summed E-state index contributed by atoms with van der Waals surface area (Å²) in [7, 11) is -3.68. The Morgan fingerprint density at radius 3 is 2.60 bits per heavy atom. The highest BCUT2D eigenvalue weighted by Crippen LogP contribution is 2.24. The third kappa shape index (κ3) is 6.25. The maximum Gasteiger partial charge on any atom is 0.238 e. The average molecular weight is 455 g/mol. The summed E-state index contributed by atoms with van der Waals surface area (Å²) < 4.78 is 43.8. The molecule has 1 aliphatic rings. The van der Waals surface area contributed by atoms with Gasteiger partial charge in [-0.25, -0.2) is 17.8 Å². The van der Waals surface area contributed by atoms with Crippen LogP contribution in [0.2, 0.25) is 0 Å². The van der Waals surface area contributed by atoms with E-state index in [-0.39, 0.29) is 24.2 Å². The van der Waals surface area contributed by atoms with Gasteiger partial charge in [0, 0.05) is 11.4 Å². The Morgan fingerprint density at radius 2 is 1.93 bits per heavy atom. The number of ether oxygens (including phenoxy) is 1. The molecule has 1 aliphatic carbocycles. The van der Waals surface area contributed by atoms with Crippen molar-refractivity contribution in [2.45, 2.75) is 63.2 Å². The van der Waals surface area contributed by atoms with Crippen molar-refractivity contribution in [3.8, 4) is 5.75 Å². The third-order valence-corrected chi connectivity index (χ3v) is 8.26. The molecule has 1 saturated carbocycles. The van der Waals surface area contributed by atoms with Gasteiger partial charge in [0.2, 0.25) is 5.91 Å². The van der Waals surface area contributed by atoms with E-state index in [0.29, 0.717) is 22.4 Å². The molecule has 1 unspecified atom stereocenters. The summed E-state index contributed by atoms with van der Waals surface area (Å²) in [4.78, 5) is 16.8. The first-order valence-electron chi connectivity index (χ1n) is 10.1. The van der Waals surface area contributed by atoms with Crippen LogP contribution < -0.4 is 10.1 Å². The highest BCUT2D eigenvalue weighted by molar-refractivity contribution is 7.92. The third-order valence-electron chi connectivity index (χ3n) is 5.39. The SMILES string of the molecule is CC1CCC(NC(=O)C(C)S(=O)(=O)Cc2csc(COc3ccc(F)cc3)n2)CC1. The van der Waals surface area contributed by atoms with Crippen LogP contribution in [0.15, 0.2) is 29.6 Å². The summed E-state index contributed by atoms with van der Waals surface area (Å²) >= 11 is 1.29. The predicted molar refractivity (Wildman–Crippen MR) is 114 cm³/mol. The number of carbonyl (C=O) groups excluding carboxylic acids is 1. The fourth-order valence-corrected chi connectivity index (χ4v) is 5.39. The standard InChI is InChI=1S/C21H27FN2O4S2/c1-14-3-7-17(8-4-14)24-21(25)15(2)30(26,27)13-18-12-29-20(23-18)11-28-19-9-5-16(22)6-10-19/h5-6,9-10,12,14-15,17H,3-4,7-8,11,13H2,1-2H3,(H,24,25). The summed E-state index contributed by atoms with van der Waals surface area (Å²) in [5.74, 6) is 0.0781. The van der Waals surface area contributed by atoms with Gasteiger partial charge in [0.25, 0.3) is 0 Å². The summed E-state index contributed by atoms with van der Waals surface area (Å²) in [6.45, 7) is 3.78. The van der Waals surface area contributed by atoms with Gasteiger partial charge in [-0.15, -0.1) is 11.3 Å². The minimum atomic E-state index is -3.68. The first kappa shape index (κ1) is 22.7. The minimum Gasteiger partial charge on any atom is -0.486 e. The van der Waals surface area contributed by atoms with Crippen LogP contribution in [0.25, 0.3) is 0 Å². The first-order chi connectivity index (χ1) is 14.2. The fourth-order valence-electron chi connectivity index (χ4n) is 3.37. The van der Waals surface area contributed by atoms with Crippen LogP contribution in [0.3, 0.4) is 0 Å². The number of halogens is 1. The molecule has 0 bridgehead atoms. The predicted octanol–water partition coefficient (Wildman–Crippen LogP) is 3.86. The normalized spacial score (nSPS) is 20.5. The van der Waals surface area contributed by atoms with Gasteiger partial charge in [0.15, 0.2) is 9.84 Å². The zero-order valence-corrected chi connectivity index (χ0v) is 18.8. The van der Waals surface area contributed by atoms with Crippen LogP contribution in [-0.2, 0) is 27.0 Å². The molecule has 1 aromatic heterocycles. The van der Waals surface area contributed by atoms with Gasteiger partial charge in [-0.3, -0.25) is 4.79 Å². The van der Waals surface area contributed by atoms with Crippen molar-refractivity contribution in [1.29, 1.82) is 0 Å². The van der Waals surface area contributed by atoms with Crippen LogP contribution in [0.1, 0.15) is 50.2 Å². The quantitative estimate of drug-likeness (QED) is 0.655. The molecule has 0 aliphatic heterocycles. The van der Waals surface area contributed by atoms with Gasteiger partial charge >= 0.3 is 0 Å². The van der Waals surface area contributed by atoms with Gasteiger partial charge in [-0.05, 0) is 62.8 Å². The fraction of sp³-hybridized carbons (Fsp3) is 0.524. The first-order valence-corrected chi connectivity index (χ1v) is 12.7. The van der Waals surface area contributed by atoms with Crippen molar-refractivity contribution < 1.29 is 22.3 Å². The van der Waals surface area contributed by atoms with E-state index in [0.717, 1.165) is 25.7 Å².